The highest BCUT2D eigenvalue weighted by Gasteiger charge is 2.41. The van der Waals surface area contributed by atoms with E-state index in [-0.39, 0.29) is 30.0 Å². The van der Waals surface area contributed by atoms with Crippen molar-refractivity contribution in [2.24, 2.45) is 7.05 Å². The summed E-state index contributed by atoms with van der Waals surface area (Å²) in [6, 6.07) is 7.26. The molecule has 2 atom stereocenters. The summed E-state index contributed by atoms with van der Waals surface area (Å²) in [6.07, 6.45) is 8.35. The molecule has 7 nitrogen and oxygen atoms in total. The number of carbonyl (C=O) groups excluding carboxylic acids is 1. The van der Waals surface area contributed by atoms with Gasteiger partial charge in [-0.1, -0.05) is 0 Å². The van der Waals surface area contributed by atoms with Crippen LogP contribution in [0, 0.1) is 17.5 Å². The number of aromatic nitrogens is 5. The van der Waals surface area contributed by atoms with Crippen molar-refractivity contribution in [3.63, 3.8) is 0 Å². The van der Waals surface area contributed by atoms with Crippen LogP contribution >= 0.6 is 0 Å². The maximum Gasteiger partial charge on any atom is 0.194 e. The van der Waals surface area contributed by atoms with Crippen molar-refractivity contribution in [2.75, 3.05) is 6.54 Å². The third-order valence-corrected chi connectivity index (χ3v) is 7.21. The van der Waals surface area contributed by atoms with Gasteiger partial charge < -0.3 is 0 Å². The molecule has 4 aromatic rings. The Morgan fingerprint density at radius 3 is 2.67 bits per heavy atom. The molecule has 0 aliphatic carbocycles. The molecule has 0 amide bonds. The van der Waals surface area contributed by atoms with E-state index in [9.17, 15) is 18.0 Å². The first-order valence-corrected chi connectivity index (χ1v) is 11.9. The molecule has 5 heterocycles. The van der Waals surface area contributed by atoms with Crippen LogP contribution < -0.4 is 0 Å². The van der Waals surface area contributed by atoms with Crippen molar-refractivity contribution in [3.8, 4) is 17.1 Å². The number of fused-ring (bicyclic) bond motifs is 4. The van der Waals surface area contributed by atoms with E-state index in [1.54, 1.807) is 53.2 Å². The normalized spacial score (nSPS) is 19.3. The lowest BCUT2D eigenvalue weighted by atomic mass is 9.81. The fraction of sp³-hybridized carbons (Fsp3) is 0.308. The molecule has 2 aliphatic heterocycles. The SMILES string of the molecule is Cn1nc2c(c1-c1cc(F)c(F)c(F)c1)C[C@@H]1CCC[C@H]2N1CC(=O)c1ccnc(-n2cccn2)c1. The molecule has 2 aliphatic rings. The first-order chi connectivity index (χ1) is 17.4. The average molecular weight is 493 g/mol. The maximum absolute atomic E-state index is 14.0. The van der Waals surface area contributed by atoms with Crippen molar-refractivity contribution in [1.29, 1.82) is 0 Å². The van der Waals surface area contributed by atoms with E-state index in [0.717, 1.165) is 42.7 Å². The molecule has 1 aromatic carbocycles. The monoisotopic (exact) mass is 492 g/mol. The Morgan fingerprint density at radius 2 is 1.92 bits per heavy atom. The van der Waals surface area contributed by atoms with Gasteiger partial charge in [0, 0.05) is 48.4 Å². The fourth-order valence-electron chi connectivity index (χ4n) is 5.61. The number of benzene rings is 1. The van der Waals surface area contributed by atoms with Crippen molar-refractivity contribution in [3.05, 3.63) is 83.2 Å². The number of piperidine rings is 1. The predicted octanol–water partition coefficient (Wildman–Crippen LogP) is 4.42. The Balaban J connectivity index is 1.32. The minimum atomic E-state index is -1.48. The van der Waals surface area contributed by atoms with Gasteiger partial charge in [0.1, 0.15) is 0 Å². The molecule has 0 saturated carbocycles. The second-order valence-corrected chi connectivity index (χ2v) is 9.34. The summed E-state index contributed by atoms with van der Waals surface area (Å²) in [5.74, 6) is -3.39. The number of pyridine rings is 1. The number of aryl methyl sites for hydroxylation is 1. The molecule has 1 fully saturated rings. The zero-order chi connectivity index (χ0) is 25.0. The largest absolute Gasteiger partial charge is 0.293 e. The average Bonchev–Trinajstić information content (AvgIpc) is 3.51. The van der Waals surface area contributed by atoms with Crippen molar-refractivity contribution in [2.45, 2.75) is 37.8 Å². The van der Waals surface area contributed by atoms with Gasteiger partial charge in [0.2, 0.25) is 0 Å². The second-order valence-electron chi connectivity index (χ2n) is 9.34. The van der Waals surface area contributed by atoms with Gasteiger partial charge in [0.15, 0.2) is 29.1 Å². The number of Topliss-reactive ketones (excluding diaryl/α,β-unsaturated/α-hetero) is 1. The molecule has 10 heteroatoms. The van der Waals surface area contributed by atoms with Gasteiger partial charge in [0.05, 0.1) is 24.0 Å². The highest BCUT2D eigenvalue weighted by Crippen LogP contribution is 2.44. The van der Waals surface area contributed by atoms with Crippen LogP contribution in [-0.2, 0) is 13.5 Å². The van der Waals surface area contributed by atoms with Gasteiger partial charge >= 0.3 is 0 Å². The number of hydrogen-bond acceptors (Lipinski definition) is 5. The number of rotatable bonds is 5. The molecular formula is C26H23F3N6O. The molecule has 0 radical (unpaired) electrons. The zero-order valence-electron chi connectivity index (χ0n) is 19.5. The summed E-state index contributed by atoms with van der Waals surface area (Å²) >= 11 is 0. The van der Waals surface area contributed by atoms with Crippen LogP contribution in [0.3, 0.4) is 0 Å². The number of hydrogen-bond donors (Lipinski definition) is 0. The van der Waals surface area contributed by atoms with E-state index in [0.29, 0.717) is 23.5 Å². The summed E-state index contributed by atoms with van der Waals surface area (Å²) in [6.45, 7) is 0.225. The Bertz CT molecular complexity index is 1440. The zero-order valence-corrected chi connectivity index (χ0v) is 19.5. The van der Waals surface area contributed by atoms with Gasteiger partial charge in [-0.25, -0.2) is 22.8 Å². The Morgan fingerprint density at radius 1 is 1.11 bits per heavy atom. The summed E-state index contributed by atoms with van der Waals surface area (Å²) < 4.78 is 44.8. The summed E-state index contributed by atoms with van der Waals surface area (Å²) in [4.78, 5) is 19.8. The van der Waals surface area contributed by atoms with Crippen LogP contribution in [-0.4, -0.2) is 47.8 Å². The quantitative estimate of drug-likeness (QED) is 0.305. The Hall–Kier alpha value is -3.79. The highest BCUT2D eigenvalue weighted by molar-refractivity contribution is 5.98. The smallest absolute Gasteiger partial charge is 0.194 e. The topological polar surface area (TPSA) is 68.8 Å². The van der Waals surface area contributed by atoms with Crippen LogP contribution in [0.4, 0.5) is 13.2 Å². The van der Waals surface area contributed by atoms with E-state index in [1.165, 1.54) is 0 Å². The minimum absolute atomic E-state index is 0.0232. The number of ketones is 1. The van der Waals surface area contributed by atoms with Gasteiger partial charge in [-0.2, -0.15) is 10.2 Å². The number of halogens is 3. The third-order valence-electron chi connectivity index (χ3n) is 7.21. The van der Waals surface area contributed by atoms with Gasteiger partial charge in [-0.15, -0.1) is 0 Å². The highest BCUT2D eigenvalue weighted by atomic mass is 19.2. The molecule has 2 bridgehead atoms. The van der Waals surface area contributed by atoms with Gasteiger partial charge in [0.25, 0.3) is 0 Å². The van der Waals surface area contributed by atoms with E-state index < -0.39 is 17.5 Å². The van der Waals surface area contributed by atoms with Crippen LogP contribution in [0.5, 0.6) is 0 Å². The van der Waals surface area contributed by atoms with Crippen molar-refractivity contribution < 1.29 is 18.0 Å². The lowest BCUT2D eigenvalue weighted by Gasteiger charge is -2.45. The predicted molar refractivity (Wildman–Crippen MR) is 125 cm³/mol. The van der Waals surface area contributed by atoms with E-state index in [4.69, 9.17) is 5.10 Å². The minimum Gasteiger partial charge on any atom is -0.293 e. The van der Waals surface area contributed by atoms with Crippen LogP contribution in [0.15, 0.2) is 48.9 Å². The first-order valence-electron chi connectivity index (χ1n) is 11.9. The number of carbonyl (C=O) groups is 1. The van der Waals surface area contributed by atoms with E-state index in [2.05, 4.69) is 15.0 Å². The lowest BCUT2D eigenvalue weighted by molar-refractivity contribution is 0.0562. The van der Waals surface area contributed by atoms with Crippen molar-refractivity contribution in [1.82, 2.24) is 29.4 Å². The molecule has 0 unspecified atom stereocenters. The molecular weight excluding hydrogens is 469 g/mol. The standard InChI is InChI=1S/C26H23F3N6O/c1-33-26(16-10-19(27)24(29)20(28)11-16)18-13-17-4-2-5-21(25(18)32-33)34(17)14-22(36)15-6-8-30-23(12-15)35-9-3-7-31-35/h3,6-12,17,21H,2,4-5,13-14H2,1H3/t17-,21+/m0/s1. The van der Waals surface area contributed by atoms with Crippen LogP contribution in [0.1, 0.15) is 46.9 Å². The molecule has 0 N–H and O–H groups in total. The Labute approximate surface area is 205 Å². The molecule has 184 valence electrons. The summed E-state index contributed by atoms with van der Waals surface area (Å²) in [5.41, 5.74) is 3.12. The Kier molecular flexibility index (Phi) is 5.48. The molecule has 6 rings (SSSR count). The number of nitrogens with zero attached hydrogens (tertiary/aromatic N) is 6. The summed E-state index contributed by atoms with van der Waals surface area (Å²) in [5, 5.41) is 8.89. The van der Waals surface area contributed by atoms with Gasteiger partial charge in [-0.05, 0) is 56.0 Å². The second kappa shape index (κ2) is 8.70. The first kappa shape index (κ1) is 22.7. The van der Waals surface area contributed by atoms with E-state index >= 15 is 0 Å². The fourth-order valence-corrected chi connectivity index (χ4v) is 5.61. The molecule has 1 saturated heterocycles. The van der Waals surface area contributed by atoms with Gasteiger partial charge in [-0.3, -0.25) is 14.4 Å². The van der Waals surface area contributed by atoms with Crippen LogP contribution in [0.25, 0.3) is 17.1 Å². The maximum atomic E-state index is 14.0. The van der Waals surface area contributed by atoms with E-state index in [1.807, 2.05) is 0 Å². The summed E-state index contributed by atoms with van der Waals surface area (Å²) in [7, 11) is 1.72. The molecule has 36 heavy (non-hydrogen) atoms. The molecule has 0 spiro atoms. The van der Waals surface area contributed by atoms with Crippen LogP contribution in [0.2, 0.25) is 0 Å². The van der Waals surface area contributed by atoms with Crippen molar-refractivity contribution >= 4 is 5.78 Å². The lowest BCUT2D eigenvalue weighted by Crippen LogP contribution is -2.48. The molecule has 3 aromatic heterocycles. The third kappa shape index (κ3) is 3.72.